The van der Waals surface area contributed by atoms with Crippen LogP contribution in [-0.4, -0.2) is 41.4 Å². The number of hydrazine groups is 1. The summed E-state index contributed by atoms with van der Waals surface area (Å²) in [5.74, 6) is -0.0399. The molecule has 0 bridgehead atoms. The SMILES string of the molecule is Cc1ccc(C2=CCC(=O)N(CC(=O)N3CCCCC3)N2)cc1. The standard InChI is InChI=1S/C18H23N3O2/c1-14-5-7-15(8-6-14)16-9-10-17(22)21(19-16)13-18(23)20-11-3-2-4-12-20/h5-9,19H,2-4,10-13H2,1H3. The van der Waals surface area contributed by atoms with Gasteiger partial charge >= 0.3 is 0 Å². The normalized spacial score (nSPS) is 18.5. The zero-order valence-corrected chi connectivity index (χ0v) is 13.5. The van der Waals surface area contributed by atoms with E-state index in [1.54, 1.807) is 0 Å². The van der Waals surface area contributed by atoms with E-state index in [1.807, 2.05) is 42.2 Å². The molecular weight excluding hydrogens is 290 g/mol. The van der Waals surface area contributed by atoms with Crippen LogP contribution in [0.25, 0.3) is 5.70 Å². The molecule has 0 saturated carbocycles. The predicted octanol–water partition coefficient (Wildman–Crippen LogP) is 2.09. The minimum Gasteiger partial charge on any atom is -0.341 e. The molecule has 5 heteroatoms. The highest BCUT2D eigenvalue weighted by atomic mass is 16.2. The van der Waals surface area contributed by atoms with Gasteiger partial charge in [-0.05, 0) is 37.8 Å². The number of rotatable bonds is 3. The van der Waals surface area contributed by atoms with Gasteiger partial charge in [0.15, 0.2) is 0 Å². The summed E-state index contributed by atoms with van der Waals surface area (Å²) < 4.78 is 0. The summed E-state index contributed by atoms with van der Waals surface area (Å²) >= 11 is 0. The molecule has 1 N–H and O–H groups in total. The summed E-state index contributed by atoms with van der Waals surface area (Å²) in [6.45, 7) is 3.75. The molecule has 23 heavy (non-hydrogen) atoms. The number of hydrogen-bond acceptors (Lipinski definition) is 3. The molecule has 1 aromatic carbocycles. The number of hydrogen-bond donors (Lipinski definition) is 1. The van der Waals surface area contributed by atoms with Crippen molar-refractivity contribution in [3.05, 3.63) is 41.5 Å². The monoisotopic (exact) mass is 313 g/mol. The average molecular weight is 313 g/mol. The molecule has 2 aliphatic heterocycles. The molecule has 1 aromatic rings. The smallest absolute Gasteiger partial charge is 0.245 e. The molecule has 0 unspecified atom stereocenters. The molecule has 3 rings (SSSR count). The van der Waals surface area contributed by atoms with Gasteiger partial charge in [-0.1, -0.05) is 29.8 Å². The van der Waals surface area contributed by atoms with Gasteiger partial charge in [0.1, 0.15) is 6.54 Å². The Kier molecular flexibility index (Phi) is 4.65. The van der Waals surface area contributed by atoms with Crippen LogP contribution in [0.4, 0.5) is 0 Å². The van der Waals surface area contributed by atoms with E-state index in [2.05, 4.69) is 5.43 Å². The van der Waals surface area contributed by atoms with E-state index in [9.17, 15) is 9.59 Å². The Labute approximate surface area is 136 Å². The van der Waals surface area contributed by atoms with Crippen LogP contribution in [0.1, 0.15) is 36.8 Å². The van der Waals surface area contributed by atoms with Gasteiger partial charge in [-0.3, -0.25) is 15.0 Å². The van der Waals surface area contributed by atoms with Gasteiger partial charge in [0.05, 0.1) is 5.70 Å². The fourth-order valence-corrected chi connectivity index (χ4v) is 2.97. The zero-order chi connectivity index (χ0) is 16.2. The Balaban J connectivity index is 1.66. The van der Waals surface area contributed by atoms with Crippen molar-refractivity contribution in [3.8, 4) is 0 Å². The topological polar surface area (TPSA) is 52.7 Å². The van der Waals surface area contributed by atoms with Crippen LogP contribution in [0.5, 0.6) is 0 Å². The van der Waals surface area contributed by atoms with E-state index in [4.69, 9.17) is 0 Å². The van der Waals surface area contributed by atoms with E-state index in [0.29, 0.717) is 6.42 Å². The van der Waals surface area contributed by atoms with Gasteiger partial charge in [-0.25, -0.2) is 5.01 Å². The van der Waals surface area contributed by atoms with Gasteiger partial charge in [0.25, 0.3) is 0 Å². The fourth-order valence-electron chi connectivity index (χ4n) is 2.97. The van der Waals surface area contributed by atoms with Crippen molar-refractivity contribution in [1.82, 2.24) is 15.3 Å². The number of carbonyl (C=O) groups excluding carboxylic acids is 2. The summed E-state index contributed by atoms with van der Waals surface area (Å²) in [6, 6.07) is 8.12. The molecule has 0 aromatic heterocycles. The largest absolute Gasteiger partial charge is 0.341 e. The molecule has 0 aliphatic carbocycles. The van der Waals surface area contributed by atoms with Crippen LogP contribution in [0.2, 0.25) is 0 Å². The number of nitrogens with one attached hydrogen (secondary N) is 1. The third-order valence-electron chi connectivity index (χ3n) is 4.40. The minimum absolute atomic E-state index is 0.0238. The number of likely N-dealkylation sites (tertiary alicyclic amines) is 1. The highest BCUT2D eigenvalue weighted by Gasteiger charge is 2.25. The maximum Gasteiger partial charge on any atom is 0.245 e. The Bertz CT molecular complexity index is 616. The third kappa shape index (κ3) is 3.73. The first-order valence-electron chi connectivity index (χ1n) is 8.25. The van der Waals surface area contributed by atoms with Gasteiger partial charge < -0.3 is 4.90 Å². The van der Waals surface area contributed by atoms with Crippen LogP contribution < -0.4 is 5.43 Å². The van der Waals surface area contributed by atoms with Gasteiger partial charge in [-0.15, -0.1) is 0 Å². The summed E-state index contributed by atoms with van der Waals surface area (Å²) in [5, 5.41) is 1.45. The highest BCUT2D eigenvalue weighted by molar-refractivity contribution is 5.88. The van der Waals surface area contributed by atoms with Crippen LogP contribution >= 0.6 is 0 Å². The fraction of sp³-hybridized carbons (Fsp3) is 0.444. The lowest BCUT2D eigenvalue weighted by Crippen LogP contribution is -2.50. The Hall–Kier alpha value is -2.30. The Morgan fingerprint density at radius 2 is 1.83 bits per heavy atom. The molecule has 0 radical (unpaired) electrons. The van der Waals surface area contributed by atoms with E-state index in [-0.39, 0.29) is 18.4 Å². The van der Waals surface area contributed by atoms with Crippen molar-refractivity contribution in [2.24, 2.45) is 0 Å². The van der Waals surface area contributed by atoms with Crippen LogP contribution in [0.3, 0.4) is 0 Å². The summed E-state index contributed by atoms with van der Waals surface area (Å²) in [4.78, 5) is 26.3. The first-order chi connectivity index (χ1) is 11.1. The molecule has 2 amide bonds. The molecule has 2 aliphatic rings. The predicted molar refractivity (Wildman–Crippen MR) is 89.1 cm³/mol. The average Bonchev–Trinajstić information content (AvgIpc) is 2.58. The molecule has 1 fully saturated rings. The van der Waals surface area contributed by atoms with Crippen molar-refractivity contribution in [2.45, 2.75) is 32.6 Å². The van der Waals surface area contributed by atoms with E-state index in [0.717, 1.165) is 37.2 Å². The van der Waals surface area contributed by atoms with E-state index in [1.165, 1.54) is 17.0 Å². The maximum absolute atomic E-state index is 12.4. The van der Waals surface area contributed by atoms with Crippen LogP contribution in [0, 0.1) is 6.92 Å². The maximum atomic E-state index is 12.4. The second-order valence-electron chi connectivity index (χ2n) is 6.22. The quantitative estimate of drug-likeness (QED) is 0.929. The van der Waals surface area contributed by atoms with Gasteiger partial charge in [0.2, 0.25) is 11.8 Å². The van der Waals surface area contributed by atoms with Crippen molar-refractivity contribution in [2.75, 3.05) is 19.6 Å². The first kappa shape index (κ1) is 15.6. The van der Waals surface area contributed by atoms with Crippen molar-refractivity contribution in [1.29, 1.82) is 0 Å². The number of piperidine rings is 1. The Morgan fingerprint density at radius 1 is 1.13 bits per heavy atom. The van der Waals surface area contributed by atoms with Crippen molar-refractivity contribution in [3.63, 3.8) is 0 Å². The zero-order valence-electron chi connectivity index (χ0n) is 13.5. The summed E-state index contributed by atoms with van der Waals surface area (Å²) in [5.41, 5.74) is 6.21. The first-order valence-corrected chi connectivity index (χ1v) is 8.25. The summed E-state index contributed by atoms with van der Waals surface area (Å²) in [6.07, 6.45) is 5.51. The lowest BCUT2D eigenvalue weighted by Gasteiger charge is -2.32. The van der Waals surface area contributed by atoms with Gasteiger partial charge in [-0.2, -0.15) is 0 Å². The lowest BCUT2D eigenvalue weighted by atomic mass is 10.1. The molecule has 122 valence electrons. The number of amides is 2. The number of carbonyl (C=O) groups is 2. The highest BCUT2D eigenvalue weighted by Crippen LogP contribution is 2.18. The second-order valence-corrected chi connectivity index (χ2v) is 6.22. The molecule has 5 nitrogen and oxygen atoms in total. The molecule has 0 atom stereocenters. The van der Waals surface area contributed by atoms with E-state index >= 15 is 0 Å². The Morgan fingerprint density at radius 3 is 2.52 bits per heavy atom. The number of nitrogens with zero attached hydrogens (tertiary/aromatic N) is 2. The van der Waals surface area contributed by atoms with Crippen LogP contribution in [-0.2, 0) is 9.59 Å². The molecule has 2 heterocycles. The lowest BCUT2D eigenvalue weighted by molar-refractivity contribution is -0.142. The minimum atomic E-state index is -0.0637. The number of benzene rings is 1. The van der Waals surface area contributed by atoms with Crippen molar-refractivity contribution < 1.29 is 9.59 Å². The second kappa shape index (κ2) is 6.86. The third-order valence-corrected chi connectivity index (χ3v) is 4.40. The molecule has 0 spiro atoms. The van der Waals surface area contributed by atoms with Gasteiger partial charge in [0, 0.05) is 19.5 Å². The number of aryl methyl sites for hydroxylation is 1. The van der Waals surface area contributed by atoms with E-state index < -0.39 is 0 Å². The van der Waals surface area contributed by atoms with Crippen LogP contribution in [0.15, 0.2) is 30.3 Å². The molecular formula is C18H23N3O2. The summed E-state index contributed by atoms with van der Waals surface area (Å²) in [7, 11) is 0. The van der Waals surface area contributed by atoms with Crippen molar-refractivity contribution >= 4 is 17.5 Å². The molecule has 1 saturated heterocycles.